The van der Waals surface area contributed by atoms with E-state index >= 15 is 0 Å². The summed E-state index contributed by atoms with van der Waals surface area (Å²) in [7, 11) is 0. The first-order valence-corrected chi connectivity index (χ1v) is 5.03. The SMILES string of the molecule is Cc1nc(C2CCC2)sc1C. The lowest BCUT2D eigenvalue weighted by Gasteiger charge is -2.22. The predicted molar refractivity (Wildman–Crippen MR) is 48.2 cm³/mol. The molecule has 11 heavy (non-hydrogen) atoms. The van der Waals surface area contributed by atoms with Gasteiger partial charge in [-0.05, 0) is 26.7 Å². The maximum absolute atomic E-state index is 4.55. The molecule has 1 aliphatic rings. The van der Waals surface area contributed by atoms with Crippen molar-refractivity contribution in [2.45, 2.75) is 39.0 Å². The normalized spacial score (nSPS) is 18.4. The van der Waals surface area contributed by atoms with Crippen LogP contribution in [0.5, 0.6) is 0 Å². The third kappa shape index (κ3) is 1.20. The zero-order valence-corrected chi connectivity index (χ0v) is 7.87. The molecular weight excluding hydrogens is 154 g/mol. The van der Waals surface area contributed by atoms with E-state index in [4.69, 9.17) is 0 Å². The molecule has 1 heterocycles. The molecule has 0 atom stereocenters. The molecule has 1 aliphatic carbocycles. The summed E-state index contributed by atoms with van der Waals surface area (Å²) in [5, 5.41) is 1.38. The van der Waals surface area contributed by atoms with E-state index in [1.165, 1.54) is 34.8 Å². The molecule has 2 heteroatoms. The Labute approximate surface area is 71.5 Å². The van der Waals surface area contributed by atoms with Gasteiger partial charge >= 0.3 is 0 Å². The monoisotopic (exact) mass is 167 g/mol. The van der Waals surface area contributed by atoms with Crippen molar-refractivity contribution in [1.82, 2.24) is 4.98 Å². The highest BCUT2D eigenvalue weighted by atomic mass is 32.1. The van der Waals surface area contributed by atoms with Crippen LogP contribution in [0.2, 0.25) is 0 Å². The van der Waals surface area contributed by atoms with Gasteiger partial charge in [-0.3, -0.25) is 0 Å². The molecule has 1 aromatic heterocycles. The van der Waals surface area contributed by atoms with Gasteiger partial charge in [0.1, 0.15) is 0 Å². The van der Waals surface area contributed by atoms with Gasteiger partial charge < -0.3 is 0 Å². The van der Waals surface area contributed by atoms with Crippen molar-refractivity contribution in [3.63, 3.8) is 0 Å². The number of aryl methyl sites for hydroxylation is 2. The number of aromatic nitrogens is 1. The van der Waals surface area contributed by atoms with Crippen LogP contribution in [0.25, 0.3) is 0 Å². The van der Waals surface area contributed by atoms with Gasteiger partial charge in [0.05, 0.1) is 10.7 Å². The Hall–Kier alpha value is -0.370. The second kappa shape index (κ2) is 2.59. The Morgan fingerprint density at radius 2 is 2.09 bits per heavy atom. The Bertz CT molecular complexity index is 241. The second-order valence-corrected chi connectivity index (χ2v) is 4.56. The molecule has 1 saturated carbocycles. The van der Waals surface area contributed by atoms with Crippen LogP contribution in [0.3, 0.4) is 0 Å². The van der Waals surface area contributed by atoms with Crippen molar-refractivity contribution in [1.29, 1.82) is 0 Å². The maximum Gasteiger partial charge on any atom is 0.0961 e. The minimum Gasteiger partial charge on any atom is -0.246 e. The van der Waals surface area contributed by atoms with E-state index in [9.17, 15) is 0 Å². The topological polar surface area (TPSA) is 12.9 Å². The average Bonchev–Trinajstić information content (AvgIpc) is 2.08. The lowest BCUT2D eigenvalue weighted by molar-refractivity contribution is 0.418. The van der Waals surface area contributed by atoms with Gasteiger partial charge in [0, 0.05) is 10.8 Å². The molecule has 0 saturated heterocycles. The predicted octanol–water partition coefficient (Wildman–Crippen LogP) is 3.03. The van der Waals surface area contributed by atoms with E-state index < -0.39 is 0 Å². The molecule has 60 valence electrons. The van der Waals surface area contributed by atoms with Crippen LogP contribution in [0, 0.1) is 13.8 Å². The van der Waals surface area contributed by atoms with Crippen molar-refractivity contribution in [3.05, 3.63) is 15.6 Å². The van der Waals surface area contributed by atoms with Gasteiger partial charge in [0.15, 0.2) is 0 Å². The summed E-state index contributed by atoms with van der Waals surface area (Å²) in [6.45, 7) is 4.27. The molecule has 1 nitrogen and oxygen atoms in total. The quantitative estimate of drug-likeness (QED) is 0.626. The molecule has 0 radical (unpaired) electrons. The first-order valence-electron chi connectivity index (χ1n) is 4.21. The molecule has 0 N–H and O–H groups in total. The largest absolute Gasteiger partial charge is 0.246 e. The third-order valence-electron chi connectivity index (χ3n) is 2.50. The number of nitrogens with zero attached hydrogens (tertiary/aromatic N) is 1. The molecule has 1 fully saturated rings. The first-order chi connectivity index (χ1) is 5.27. The summed E-state index contributed by atoms with van der Waals surface area (Å²) in [5.74, 6) is 0.812. The van der Waals surface area contributed by atoms with Gasteiger partial charge in [-0.1, -0.05) is 6.42 Å². The summed E-state index contributed by atoms with van der Waals surface area (Å²) < 4.78 is 0. The number of thiazole rings is 1. The van der Waals surface area contributed by atoms with Crippen molar-refractivity contribution in [2.24, 2.45) is 0 Å². The summed E-state index contributed by atoms with van der Waals surface area (Å²) in [6, 6.07) is 0. The molecule has 0 unspecified atom stereocenters. The van der Waals surface area contributed by atoms with E-state index in [0.717, 1.165) is 5.92 Å². The number of rotatable bonds is 1. The smallest absolute Gasteiger partial charge is 0.0961 e. The maximum atomic E-state index is 4.55. The third-order valence-corrected chi connectivity index (χ3v) is 3.73. The molecular formula is C9H13NS. The zero-order valence-electron chi connectivity index (χ0n) is 7.05. The molecule has 0 aromatic carbocycles. The molecule has 0 bridgehead atoms. The molecule has 0 spiro atoms. The summed E-state index contributed by atoms with van der Waals surface area (Å²) >= 11 is 1.89. The Morgan fingerprint density at radius 3 is 2.45 bits per heavy atom. The molecule has 0 aliphatic heterocycles. The van der Waals surface area contributed by atoms with Gasteiger partial charge in [-0.2, -0.15) is 0 Å². The van der Waals surface area contributed by atoms with Gasteiger partial charge in [0.2, 0.25) is 0 Å². The fraction of sp³-hybridized carbons (Fsp3) is 0.667. The van der Waals surface area contributed by atoms with Crippen molar-refractivity contribution in [2.75, 3.05) is 0 Å². The second-order valence-electron chi connectivity index (χ2n) is 3.32. The molecule has 2 rings (SSSR count). The minimum atomic E-state index is 0.812. The van der Waals surface area contributed by atoms with Gasteiger partial charge in [-0.15, -0.1) is 11.3 Å². The standard InChI is InChI=1S/C9H13NS/c1-6-7(2)11-9(10-6)8-4-3-5-8/h8H,3-5H2,1-2H3. The van der Waals surface area contributed by atoms with Crippen LogP contribution in [0.1, 0.15) is 40.8 Å². The van der Waals surface area contributed by atoms with Crippen LogP contribution >= 0.6 is 11.3 Å². The zero-order chi connectivity index (χ0) is 7.84. The van der Waals surface area contributed by atoms with Crippen LogP contribution in [0.4, 0.5) is 0 Å². The Balaban J connectivity index is 2.24. The van der Waals surface area contributed by atoms with Crippen LogP contribution < -0.4 is 0 Å². The van der Waals surface area contributed by atoms with E-state index in [1.54, 1.807) is 0 Å². The van der Waals surface area contributed by atoms with Crippen LogP contribution in [0.15, 0.2) is 0 Å². The summed E-state index contributed by atoms with van der Waals surface area (Å²) in [4.78, 5) is 5.95. The summed E-state index contributed by atoms with van der Waals surface area (Å²) in [6.07, 6.45) is 4.14. The van der Waals surface area contributed by atoms with E-state index in [-0.39, 0.29) is 0 Å². The lowest BCUT2D eigenvalue weighted by Crippen LogP contribution is -2.07. The summed E-state index contributed by atoms with van der Waals surface area (Å²) in [5.41, 5.74) is 1.23. The molecule has 0 amide bonds. The molecule has 1 aromatic rings. The highest BCUT2D eigenvalue weighted by molar-refractivity contribution is 7.11. The highest BCUT2D eigenvalue weighted by Crippen LogP contribution is 2.38. The van der Waals surface area contributed by atoms with Gasteiger partial charge in [0.25, 0.3) is 0 Å². The van der Waals surface area contributed by atoms with Crippen molar-refractivity contribution in [3.8, 4) is 0 Å². The number of hydrogen-bond acceptors (Lipinski definition) is 2. The average molecular weight is 167 g/mol. The fourth-order valence-electron chi connectivity index (χ4n) is 1.33. The lowest BCUT2D eigenvalue weighted by atomic mass is 9.86. The number of hydrogen-bond donors (Lipinski definition) is 0. The fourth-order valence-corrected chi connectivity index (χ4v) is 2.42. The minimum absolute atomic E-state index is 0.812. The van der Waals surface area contributed by atoms with Crippen LogP contribution in [-0.4, -0.2) is 4.98 Å². The van der Waals surface area contributed by atoms with E-state index in [1.807, 2.05) is 11.3 Å². The Kier molecular flexibility index (Phi) is 1.72. The highest BCUT2D eigenvalue weighted by Gasteiger charge is 2.22. The van der Waals surface area contributed by atoms with Gasteiger partial charge in [-0.25, -0.2) is 4.98 Å². The van der Waals surface area contributed by atoms with Crippen molar-refractivity contribution >= 4 is 11.3 Å². The first kappa shape index (κ1) is 7.29. The van der Waals surface area contributed by atoms with E-state index in [2.05, 4.69) is 18.8 Å². The Morgan fingerprint density at radius 1 is 1.36 bits per heavy atom. The van der Waals surface area contributed by atoms with Crippen molar-refractivity contribution < 1.29 is 0 Å². The van der Waals surface area contributed by atoms with E-state index in [0.29, 0.717) is 0 Å². The van der Waals surface area contributed by atoms with Crippen LogP contribution in [-0.2, 0) is 0 Å².